The minimum atomic E-state index is -0.659. The maximum Gasteiger partial charge on any atom is 0.408 e. The van der Waals surface area contributed by atoms with E-state index >= 15 is 0 Å². The van der Waals surface area contributed by atoms with E-state index in [-0.39, 0.29) is 12.4 Å². The molecule has 0 spiro atoms. The normalized spacial score (nSPS) is 13.3. The van der Waals surface area contributed by atoms with Crippen molar-refractivity contribution in [3.63, 3.8) is 0 Å². The van der Waals surface area contributed by atoms with Crippen LogP contribution in [0.3, 0.4) is 0 Å². The van der Waals surface area contributed by atoms with E-state index in [1.165, 1.54) is 0 Å². The van der Waals surface area contributed by atoms with Crippen LogP contribution in [0.2, 0.25) is 0 Å². The summed E-state index contributed by atoms with van der Waals surface area (Å²) >= 11 is 1.72. The Hall–Kier alpha value is -2.93. The van der Waals surface area contributed by atoms with E-state index in [9.17, 15) is 9.59 Å². The lowest BCUT2D eigenvalue weighted by atomic mass is 9.86. The maximum atomic E-state index is 13.6. The summed E-state index contributed by atoms with van der Waals surface area (Å²) in [6.07, 6.45) is 4.52. The van der Waals surface area contributed by atoms with Gasteiger partial charge in [-0.3, -0.25) is 4.79 Å². The van der Waals surface area contributed by atoms with Gasteiger partial charge in [-0.25, -0.2) is 4.79 Å². The summed E-state index contributed by atoms with van der Waals surface area (Å²) in [5, 5.41) is 3.90. The van der Waals surface area contributed by atoms with Crippen LogP contribution in [0, 0.1) is 0 Å². The molecule has 0 fully saturated rings. The number of H-pyrrole nitrogens is 1. The standard InChI is InChI=1S/C27H34N2O4S/c1-27(2,3)33-26(31)29-23(18-32-19-11-6-5-7-12-19)25(24(30)15-10-16-34-4)21-17-28-22-14-9-8-13-20(21)22/h5-9,11-14,17,23,25,28H,10,15-16,18H2,1-4H3,(H,29,31)/t23-,25+/m1/s1. The van der Waals surface area contributed by atoms with Gasteiger partial charge in [0.2, 0.25) is 0 Å². The highest BCUT2D eigenvalue weighted by molar-refractivity contribution is 7.98. The molecule has 3 aromatic rings. The van der Waals surface area contributed by atoms with E-state index in [4.69, 9.17) is 9.47 Å². The predicted octanol–water partition coefficient (Wildman–Crippen LogP) is 5.94. The van der Waals surface area contributed by atoms with Gasteiger partial charge in [-0.05, 0) is 63.0 Å². The molecule has 0 aliphatic rings. The lowest BCUT2D eigenvalue weighted by molar-refractivity contribution is -0.121. The Morgan fingerprint density at radius 3 is 2.47 bits per heavy atom. The van der Waals surface area contributed by atoms with Crippen molar-refractivity contribution in [2.75, 3.05) is 18.6 Å². The van der Waals surface area contributed by atoms with Crippen LogP contribution in [0.1, 0.15) is 45.1 Å². The number of hydrogen-bond acceptors (Lipinski definition) is 5. The summed E-state index contributed by atoms with van der Waals surface area (Å²) in [5.74, 6) is 1.05. The molecule has 2 atom stereocenters. The largest absolute Gasteiger partial charge is 0.491 e. The van der Waals surface area contributed by atoms with Gasteiger partial charge in [-0.1, -0.05) is 36.4 Å². The van der Waals surface area contributed by atoms with Crippen molar-refractivity contribution in [3.05, 3.63) is 66.4 Å². The van der Waals surface area contributed by atoms with Crippen LogP contribution in [-0.4, -0.2) is 47.1 Å². The summed E-state index contributed by atoms with van der Waals surface area (Å²) in [4.78, 5) is 29.7. The Morgan fingerprint density at radius 1 is 1.06 bits per heavy atom. The Kier molecular flexibility index (Phi) is 9.05. The molecule has 1 aromatic heterocycles. The molecule has 1 amide bonds. The van der Waals surface area contributed by atoms with Gasteiger partial charge >= 0.3 is 6.09 Å². The van der Waals surface area contributed by atoms with E-state index in [1.807, 2.05) is 87.8 Å². The Bertz CT molecular complexity index is 1070. The number of nitrogens with one attached hydrogen (secondary N) is 2. The zero-order chi connectivity index (χ0) is 24.6. The second-order valence-corrected chi connectivity index (χ2v) is 10.2. The fourth-order valence-electron chi connectivity index (χ4n) is 3.89. The number of alkyl carbamates (subject to hydrolysis) is 1. The fourth-order valence-corrected chi connectivity index (χ4v) is 4.33. The molecule has 0 aliphatic carbocycles. The third kappa shape index (κ3) is 7.29. The van der Waals surface area contributed by atoms with Crippen molar-refractivity contribution in [1.82, 2.24) is 10.3 Å². The van der Waals surface area contributed by atoms with E-state index in [0.717, 1.165) is 28.6 Å². The number of rotatable bonds is 11. The van der Waals surface area contributed by atoms with Crippen LogP contribution in [0.25, 0.3) is 10.9 Å². The van der Waals surface area contributed by atoms with Crippen molar-refractivity contribution in [1.29, 1.82) is 0 Å². The number of ketones is 1. The van der Waals surface area contributed by atoms with Gasteiger partial charge < -0.3 is 19.8 Å². The lowest BCUT2D eigenvalue weighted by Crippen LogP contribution is -2.47. The number of carbonyl (C=O) groups is 2. The third-order valence-electron chi connectivity index (χ3n) is 5.35. The monoisotopic (exact) mass is 482 g/mol. The summed E-state index contributed by atoms with van der Waals surface area (Å²) in [6, 6.07) is 16.6. The van der Waals surface area contributed by atoms with Crippen LogP contribution >= 0.6 is 11.8 Å². The van der Waals surface area contributed by atoms with E-state index in [2.05, 4.69) is 10.3 Å². The second kappa shape index (κ2) is 12.0. The topological polar surface area (TPSA) is 80.4 Å². The van der Waals surface area contributed by atoms with Crippen molar-refractivity contribution in [3.8, 4) is 5.75 Å². The molecule has 0 saturated carbocycles. The number of Topliss-reactive ketones (excluding diaryl/α,β-unsaturated/α-hetero) is 1. The number of hydrogen-bond donors (Lipinski definition) is 2. The molecule has 7 heteroatoms. The van der Waals surface area contributed by atoms with Crippen molar-refractivity contribution < 1.29 is 19.1 Å². The molecule has 0 unspecified atom stereocenters. The summed E-state index contributed by atoms with van der Waals surface area (Å²) in [6.45, 7) is 5.56. The van der Waals surface area contributed by atoms with Gasteiger partial charge in [0.1, 0.15) is 23.7 Å². The number of para-hydroxylation sites is 2. The van der Waals surface area contributed by atoms with Crippen LogP contribution in [0.4, 0.5) is 4.79 Å². The summed E-state index contributed by atoms with van der Waals surface area (Å²) in [5.41, 5.74) is 1.13. The van der Waals surface area contributed by atoms with E-state index in [1.54, 1.807) is 11.8 Å². The Balaban J connectivity index is 1.96. The molecule has 3 rings (SSSR count). The molecule has 0 bridgehead atoms. The van der Waals surface area contributed by atoms with Gasteiger partial charge in [0, 0.05) is 23.5 Å². The lowest BCUT2D eigenvalue weighted by Gasteiger charge is -2.29. The number of benzene rings is 2. The average molecular weight is 483 g/mol. The third-order valence-corrected chi connectivity index (χ3v) is 6.05. The maximum absolute atomic E-state index is 13.6. The van der Waals surface area contributed by atoms with Crippen LogP contribution in [-0.2, 0) is 9.53 Å². The molecule has 6 nitrogen and oxygen atoms in total. The number of amides is 1. The zero-order valence-electron chi connectivity index (χ0n) is 20.3. The van der Waals surface area contributed by atoms with E-state index in [0.29, 0.717) is 12.2 Å². The second-order valence-electron chi connectivity index (χ2n) is 9.21. The highest BCUT2D eigenvalue weighted by atomic mass is 32.2. The molecule has 0 aliphatic heterocycles. The minimum absolute atomic E-state index is 0.0662. The van der Waals surface area contributed by atoms with Crippen LogP contribution in [0.15, 0.2) is 60.8 Å². The quantitative estimate of drug-likeness (QED) is 0.331. The first-order valence-corrected chi connectivity index (χ1v) is 12.9. The zero-order valence-corrected chi connectivity index (χ0v) is 21.1. The first kappa shape index (κ1) is 25.7. The number of aromatic amines is 1. The average Bonchev–Trinajstić information content (AvgIpc) is 3.21. The molecular weight excluding hydrogens is 448 g/mol. The molecule has 0 radical (unpaired) electrons. The number of thioether (sulfide) groups is 1. The van der Waals surface area contributed by atoms with Gasteiger partial charge in [-0.2, -0.15) is 11.8 Å². The van der Waals surface area contributed by atoms with Gasteiger partial charge in [0.25, 0.3) is 0 Å². The molecule has 34 heavy (non-hydrogen) atoms. The molecule has 2 aromatic carbocycles. The van der Waals surface area contributed by atoms with Gasteiger partial charge in [0.05, 0.1) is 12.0 Å². The smallest absolute Gasteiger partial charge is 0.408 e. The van der Waals surface area contributed by atoms with E-state index < -0.39 is 23.7 Å². The first-order chi connectivity index (χ1) is 16.3. The summed E-state index contributed by atoms with van der Waals surface area (Å²) in [7, 11) is 0. The van der Waals surface area contributed by atoms with Crippen LogP contribution < -0.4 is 10.1 Å². The Labute approximate surface area is 205 Å². The molecule has 0 saturated heterocycles. The van der Waals surface area contributed by atoms with Crippen molar-refractivity contribution >= 4 is 34.5 Å². The first-order valence-electron chi connectivity index (χ1n) is 11.5. The van der Waals surface area contributed by atoms with Gasteiger partial charge in [-0.15, -0.1) is 0 Å². The van der Waals surface area contributed by atoms with Crippen LogP contribution in [0.5, 0.6) is 5.75 Å². The number of ether oxygens (including phenoxy) is 2. The van der Waals surface area contributed by atoms with Crippen molar-refractivity contribution in [2.45, 2.75) is 51.2 Å². The number of carbonyl (C=O) groups excluding carboxylic acids is 2. The molecule has 1 heterocycles. The molecular formula is C27H34N2O4S. The predicted molar refractivity (Wildman–Crippen MR) is 139 cm³/mol. The fraction of sp³-hybridized carbons (Fsp3) is 0.407. The minimum Gasteiger partial charge on any atom is -0.491 e. The highest BCUT2D eigenvalue weighted by Crippen LogP contribution is 2.31. The highest BCUT2D eigenvalue weighted by Gasteiger charge is 2.34. The SMILES string of the molecule is CSCCCC(=O)[C@@H](c1c[nH]c2ccccc12)[C@@H](COc1ccccc1)NC(=O)OC(C)(C)C. The summed E-state index contributed by atoms with van der Waals surface area (Å²) < 4.78 is 11.6. The van der Waals surface area contributed by atoms with Crippen molar-refractivity contribution in [2.24, 2.45) is 0 Å². The number of aromatic nitrogens is 1. The number of fused-ring (bicyclic) bond motifs is 1. The molecule has 182 valence electrons. The Morgan fingerprint density at radius 2 is 1.76 bits per heavy atom. The molecule has 2 N–H and O–H groups in total. The van der Waals surface area contributed by atoms with Gasteiger partial charge in [0.15, 0.2) is 0 Å².